The van der Waals surface area contributed by atoms with Gasteiger partial charge in [0.05, 0.1) is 7.85 Å². The highest BCUT2D eigenvalue weighted by Crippen LogP contribution is 2.31. The zero-order chi connectivity index (χ0) is 7.71. The maximum atomic E-state index is 5.77. The van der Waals surface area contributed by atoms with Gasteiger partial charge in [0.25, 0.3) is 0 Å². The van der Waals surface area contributed by atoms with E-state index in [-0.39, 0.29) is 10.5 Å². The maximum Gasteiger partial charge on any atom is 0.113 e. The van der Waals surface area contributed by atoms with Gasteiger partial charge in [-0.1, -0.05) is 45.1 Å². The van der Waals surface area contributed by atoms with E-state index in [0.29, 0.717) is 0 Å². The summed E-state index contributed by atoms with van der Waals surface area (Å²) in [7, 11) is 7.92. The van der Waals surface area contributed by atoms with Crippen molar-refractivity contribution in [3.8, 4) is 0 Å². The second-order valence-electron chi connectivity index (χ2n) is 4.33. The van der Waals surface area contributed by atoms with E-state index in [2.05, 4.69) is 28.1 Å². The molecule has 0 N–H and O–H groups in total. The van der Waals surface area contributed by atoms with E-state index >= 15 is 0 Å². The summed E-state index contributed by atoms with van der Waals surface area (Å²) in [5.41, 5.74) is 0. The summed E-state index contributed by atoms with van der Waals surface area (Å²) in [6, 6.07) is 0. The molecule has 3 radical (unpaired) electrons. The fourth-order valence-corrected chi connectivity index (χ4v) is 1.12. The van der Waals surface area contributed by atoms with Gasteiger partial charge in [-0.15, -0.1) is 0 Å². The van der Waals surface area contributed by atoms with Gasteiger partial charge in [0, 0.05) is 0 Å². The molecule has 0 aromatic rings. The fourth-order valence-electron chi connectivity index (χ4n) is 1.12. The first-order valence-electron chi connectivity index (χ1n) is 3.37. The third-order valence-corrected chi connectivity index (χ3v) is 0.805. The van der Waals surface area contributed by atoms with Crippen LogP contribution in [0, 0.1) is 0 Å². The lowest BCUT2D eigenvalue weighted by Crippen LogP contribution is -2.21. The van der Waals surface area contributed by atoms with E-state index in [1.54, 1.807) is 0 Å². The standard InChI is InChI=1S/C7H15B2/c1-6(2,3)9-7(4,5)8/h1-5H3. The number of rotatable bonds is 1. The molecule has 0 aromatic heterocycles. The lowest BCUT2D eigenvalue weighted by Gasteiger charge is -2.27. The number of hydrogen-bond donors (Lipinski definition) is 0. The minimum Gasteiger partial charge on any atom is -0.0960 e. The molecule has 0 aliphatic carbocycles. The van der Waals surface area contributed by atoms with Gasteiger partial charge in [-0.05, 0) is 0 Å². The van der Waals surface area contributed by atoms with Gasteiger partial charge in [-0.25, -0.2) is 0 Å². The molecule has 49 valence electrons. The van der Waals surface area contributed by atoms with Crippen molar-refractivity contribution in [1.29, 1.82) is 0 Å². The molecule has 0 heterocycles. The molecule has 0 nitrogen and oxygen atoms in total. The lowest BCUT2D eigenvalue weighted by molar-refractivity contribution is 0.724. The number of hydrogen-bond acceptors (Lipinski definition) is 0. The molecule has 0 unspecified atom stereocenters. The predicted octanol–water partition coefficient (Wildman–Crippen LogP) is 2.23. The van der Waals surface area contributed by atoms with Crippen LogP contribution in [0.1, 0.15) is 34.6 Å². The normalized spacial score (nSPS) is 13.4. The van der Waals surface area contributed by atoms with E-state index in [0.717, 1.165) is 0 Å². The molecule has 2 heteroatoms. The minimum atomic E-state index is -0.141. The highest BCUT2D eigenvalue weighted by atomic mass is 14.0. The van der Waals surface area contributed by atoms with Crippen molar-refractivity contribution >= 4 is 15.1 Å². The van der Waals surface area contributed by atoms with Crippen LogP contribution in [0.25, 0.3) is 0 Å². The molecule has 9 heavy (non-hydrogen) atoms. The third-order valence-electron chi connectivity index (χ3n) is 0.805. The van der Waals surface area contributed by atoms with Crippen LogP contribution >= 0.6 is 0 Å². The molecule has 0 saturated heterocycles. The van der Waals surface area contributed by atoms with Crippen molar-refractivity contribution in [2.45, 2.75) is 45.1 Å². The van der Waals surface area contributed by atoms with Gasteiger partial charge in [0.15, 0.2) is 0 Å². The molecule has 0 spiro atoms. The smallest absolute Gasteiger partial charge is 0.0960 e. The predicted molar refractivity (Wildman–Crippen MR) is 45.3 cm³/mol. The largest absolute Gasteiger partial charge is 0.113 e. The monoisotopic (exact) mass is 121 g/mol. The molecular formula is C7H15B2. The fraction of sp³-hybridized carbons (Fsp3) is 1.00. The van der Waals surface area contributed by atoms with Crippen molar-refractivity contribution in [1.82, 2.24) is 0 Å². The van der Waals surface area contributed by atoms with E-state index in [9.17, 15) is 0 Å². The molecule has 0 saturated carbocycles. The van der Waals surface area contributed by atoms with Gasteiger partial charge in [0.1, 0.15) is 7.28 Å². The Morgan fingerprint density at radius 2 is 1.33 bits per heavy atom. The Morgan fingerprint density at radius 1 is 1.00 bits per heavy atom. The summed E-state index contributed by atoms with van der Waals surface area (Å²) in [5.74, 6) is 0. The molecule has 0 amide bonds. The Hall–Kier alpha value is 0.130. The van der Waals surface area contributed by atoms with Crippen LogP contribution < -0.4 is 0 Å². The summed E-state index contributed by atoms with van der Waals surface area (Å²) in [6.45, 7) is 10.5. The summed E-state index contributed by atoms with van der Waals surface area (Å²) < 4.78 is 0. The second kappa shape index (κ2) is 2.40. The molecule has 0 aromatic carbocycles. The first-order valence-corrected chi connectivity index (χ1v) is 3.37. The van der Waals surface area contributed by atoms with E-state index in [1.165, 1.54) is 0 Å². The quantitative estimate of drug-likeness (QED) is 0.466. The van der Waals surface area contributed by atoms with Crippen molar-refractivity contribution in [3.05, 3.63) is 0 Å². The zero-order valence-corrected chi connectivity index (χ0v) is 7.15. The van der Waals surface area contributed by atoms with Gasteiger partial charge >= 0.3 is 0 Å². The van der Waals surface area contributed by atoms with Gasteiger partial charge in [0.2, 0.25) is 0 Å². The summed E-state index contributed by atoms with van der Waals surface area (Å²) in [5, 5.41) is 0.0938. The van der Waals surface area contributed by atoms with Crippen molar-refractivity contribution in [2.24, 2.45) is 0 Å². The maximum absolute atomic E-state index is 5.77. The van der Waals surface area contributed by atoms with Crippen molar-refractivity contribution < 1.29 is 0 Å². The first kappa shape index (κ1) is 9.13. The van der Waals surface area contributed by atoms with Crippen LogP contribution in [-0.2, 0) is 0 Å². The molecule has 0 rings (SSSR count). The van der Waals surface area contributed by atoms with Gasteiger partial charge < -0.3 is 0 Å². The minimum absolute atomic E-state index is 0.141. The SMILES string of the molecule is [B]C(C)(C)[B]C(C)(C)C. The molecule has 0 aliphatic rings. The van der Waals surface area contributed by atoms with Crippen LogP contribution in [0.3, 0.4) is 0 Å². The first-order chi connectivity index (χ1) is 3.71. The summed E-state index contributed by atoms with van der Waals surface area (Å²) in [6.07, 6.45) is 0. The highest BCUT2D eigenvalue weighted by Gasteiger charge is 2.21. The average molecular weight is 121 g/mol. The van der Waals surface area contributed by atoms with E-state index in [1.807, 2.05) is 13.8 Å². The Labute approximate surface area is 61.1 Å². The molecule has 0 aliphatic heterocycles. The zero-order valence-electron chi connectivity index (χ0n) is 7.15. The van der Waals surface area contributed by atoms with Crippen molar-refractivity contribution in [2.75, 3.05) is 0 Å². The van der Waals surface area contributed by atoms with Crippen LogP contribution in [0.2, 0.25) is 10.5 Å². The Bertz CT molecular complexity index is 72.1. The van der Waals surface area contributed by atoms with Gasteiger partial charge in [-0.3, -0.25) is 0 Å². The van der Waals surface area contributed by atoms with Crippen LogP contribution in [-0.4, -0.2) is 15.1 Å². The van der Waals surface area contributed by atoms with Crippen molar-refractivity contribution in [3.63, 3.8) is 0 Å². The summed E-state index contributed by atoms with van der Waals surface area (Å²) >= 11 is 0. The second-order valence-corrected chi connectivity index (χ2v) is 4.33. The van der Waals surface area contributed by atoms with E-state index in [4.69, 9.17) is 7.85 Å². The molecule has 0 fully saturated rings. The Kier molecular flexibility index (Phi) is 2.43. The Balaban J connectivity index is 3.75. The van der Waals surface area contributed by atoms with Crippen LogP contribution in [0.4, 0.5) is 0 Å². The van der Waals surface area contributed by atoms with Crippen LogP contribution in [0.15, 0.2) is 0 Å². The lowest BCUT2D eigenvalue weighted by atomic mass is 9.35. The molecule has 0 bridgehead atoms. The van der Waals surface area contributed by atoms with E-state index < -0.39 is 0 Å². The molecular weight excluding hydrogens is 106 g/mol. The van der Waals surface area contributed by atoms with Gasteiger partial charge in [-0.2, -0.15) is 0 Å². The van der Waals surface area contributed by atoms with Crippen LogP contribution in [0.5, 0.6) is 0 Å². The topological polar surface area (TPSA) is 0 Å². The Morgan fingerprint density at radius 3 is 1.33 bits per heavy atom. The molecule has 0 atom stereocenters. The average Bonchev–Trinajstić information content (AvgIpc) is 1.14. The summed E-state index contributed by atoms with van der Waals surface area (Å²) in [4.78, 5) is 0. The third kappa shape index (κ3) is 8.13. The highest BCUT2D eigenvalue weighted by molar-refractivity contribution is 6.55.